The molecular formula is C32H53N7O7. The Morgan fingerprint density at radius 3 is 2.28 bits per heavy atom. The Kier molecular flexibility index (Phi) is 11.0. The smallest absolute Gasteiger partial charge is 0.408 e. The molecule has 4 amide bonds. The maximum atomic E-state index is 14.5. The fourth-order valence-electron chi connectivity index (χ4n) is 7.31. The minimum atomic E-state index is -1.59. The number of nitrogens with one attached hydrogen (secondary N) is 2. The fraction of sp³-hybridized carbons (Fsp3) is 0.812. The van der Waals surface area contributed by atoms with Crippen molar-refractivity contribution in [3.8, 4) is 0 Å². The van der Waals surface area contributed by atoms with Crippen LogP contribution in [0.25, 0.3) is 0 Å². The summed E-state index contributed by atoms with van der Waals surface area (Å²) in [5.41, 5.74) is 2.62. The maximum absolute atomic E-state index is 14.5. The number of amides is 4. The summed E-state index contributed by atoms with van der Waals surface area (Å²) in [6.45, 7) is 8.51. The number of carbonyl (C=O) groups excluding carboxylic acids is 4. The number of nitrogens with two attached hydrogens (primary N) is 1. The zero-order valence-corrected chi connectivity index (χ0v) is 28.0. The Morgan fingerprint density at radius 2 is 1.70 bits per heavy atom. The van der Waals surface area contributed by atoms with Gasteiger partial charge in [-0.2, -0.15) is 0 Å². The monoisotopic (exact) mass is 647 g/mol. The molecule has 3 aliphatic rings. The lowest BCUT2D eigenvalue weighted by Gasteiger charge is -2.41. The number of hydrogen-bond acceptors (Lipinski definition) is 9. The molecule has 14 nitrogen and oxygen atoms in total. The van der Waals surface area contributed by atoms with Crippen molar-refractivity contribution in [3.63, 3.8) is 0 Å². The maximum Gasteiger partial charge on any atom is 0.408 e. The molecule has 0 aromatic carbocycles. The van der Waals surface area contributed by atoms with Gasteiger partial charge in [0.05, 0.1) is 23.5 Å². The van der Waals surface area contributed by atoms with E-state index >= 15 is 0 Å². The molecule has 1 aromatic rings. The van der Waals surface area contributed by atoms with Gasteiger partial charge in [0, 0.05) is 13.0 Å². The number of alkyl carbamates (subject to hydrolysis) is 1. The van der Waals surface area contributed by atoms with E-state index in [2.05, 4.69) is 20.9 Å². The zero-order chi connectivity index (χ0) is 33.9. The van der Waals surface area contributed by atoms with E-state index in [9.17, 15) is 29.4 Å². The van der Waals surface area contributed by atoms with Gasteiger partial charge in [0.15, 0.2) is 6.10 Å². The molecule has 3 fully saturated rings. The van der Waals surface area contributed by atoms with Crippen LogP contribution in [0.3, 0.4) is 0 Å². The average molecular weight is 648 g/mol. The van der Waals surface area contributed by atoms with E-state index in [4.69, 9.17) is 10.5 Å². The highest BCUT2D eigenvalue weighted by Crippen LogP contribution is 2.36. The van der Waals surface area contributed by atoms with E-state index in [-0.39, 0.29) is 18.9 Å². The van der Waals surface area contributed by atoms with Crippen molar-refractivity contribution in [2.75, 3.05) is 6.54 Å². The van der Waals surface area contributed by atoms with Crippen molar-refractivity contribution in [1.29, 1.82) is 0 Å². The van der Waals surface area contributed by atoms with Gasteiger partial charge in [-0.25, -0.2) is 9.48 Å². The molecule has 2 aliphatic carbocycles. The number of aromatic nitrogens is 3. The summed E-state index contributed by atoms with van der Waals surface area (Å²) < 4.78 is 7.06. The highest BCUT2D eigenvalue weighted by Gasteiger charge is 2.49. The number of nitrogens with zero attached hydrogens (tertiary/aromatic N) is 4. The minimum Gasteiger partial charge on any atom is -0.444 e. The first-order chi connectivity index (χ1) is 21.5. The number of rotatable bonds is 10. The lowest BCUT2D eigenvalue weighted by atomic mass is 9.77. The van der Waals surface area contributed by atoms with Gasteiger partial charge in [-0.3, -0.25) is 14.4 Å². The molecule has 46 heavy (non-hydrogen) atoms. The molecule has 2 heterocycles. The van der Waals surface area contributed by atoms with Gasteiger partial charge in [0.1, 0.15) is 23.3 Å². The number of aliphatic hydroxyl groups excluding tert-OH is 1. The van der Waals surface area contributed by atoms with Gasteiger partial charge in [0.2, 0.25) is 17.7 Å². The van der Waals surface area contributed by atoms with Crippen molar-refractivity contribution in [2.45, 2.75) is 153 Å². The second-order valence-electron chi connectivity index (χ2n) is 15.0. The number of ether oxygens (including phenoxy) is 1. The fourth-order valence-corrected chi connectivity index (χ4v) is 7.31. The van der Waals surface area contributed by atoms with E-state index in [1.807, 2.05) is 0 Å². The summed E-state index contributed by atoms with van der Waals surface area (Å²) >= 11 is 0. The molecule has 14 heteroatoms. The number of aliphatic hydroxyl groups is 2. The van der Waals surface area contributed by atoms with Crippen LogP contribution in [0.4, 0.5) is 4.79 Å². The Labute approximate surface area is 271 Å². The topological polar surface area (TPSA) is 202 Å². The quantitative estimate of drug-likeness (QED) is 0.252. The predicted molar refractivity (Wildman–Crippen MR) is 168 cm³/mol. The average Bonchev–Trinajstić information content (AvgIpc) is 3.64. The number of carbonyl (C=O) groups is 4. The Balaban J connectivity index is 1.68. The summed E-state index contributed by atoms with van der Waals surface area (Å²) in [5, 5.41) is 35.6. The molecule has 4 rings (SSSR count). The molecule has 1 aromatic heterocycles. The van der Waals surface area contributed by atoms with Gasteiger partial charge >= 0.3 is 6.09 Å². The van der Waals surface area contributed by atoms with Gasteiger partial charge < -0.3 is 36.2 Å². The Hall–Kier alpha value is -3.26. The van der Waals surface area contributed by atoms with Gasteiger partial charge in [-0.15, -0.1) is 5.10 Å². The lowest BCUT2D eigenvalue weighted by Crippen LogP contribution is -2.64. The standard InChI is InChI=1S/C32H53N7O7/c1-30(2,3)46-29(44)35-22(16-20-12-8-6-9-13-20)28(43)38-19-21(39-24(18-34-37-39)31(4,5)45)17-23(38)27(42)36-32(25(40)26(33)41)14-10-7-11-15-32/h18,20-23,25,40,45H,6-17,19H2,1-5H3,(H2,33,41)(H,35,44)(H,36,42)/t21-,22+,23-,25?/m0/s1. The van der Waals surface area contributed by atoms with E-state index in [0.29, 0.717) is 37.8 Å². The second kappa shape index (κ2) is 14.2. The molecule has 6 N–H and O–H groups in total. The molecule has 0 spiro atoms. The molecule has 0 bridgehead atoms. The number of primary amides is 1. The summed E-state index contributed by atoms with van der Waals surface area (Å²) in [4.78, 5) is 55.3. The lowest BCUT2D eigenvalue weighted by molar-refractivity contribution is -0.143. The van der Waals surface area contributed by atoms with E-state index in [1.165, 1.54) is 11.1 Å². The van der Waals surface area contributed by atoms with Crippen LogP contribution in [0.15, 0.2) is 6.20 Å². The van der Waals surface area contributed by atoms with Gasteiger partial charge in [-0.05, 0) is 59.8 Å². The van der Waals surface area contributed by atoms with Crippen LogP contribution in [0.5, 0.6) is 0 Å². The molecule has 1 aliphatic heterocycles. The Bertz CT molecular complexity index is 1240. The molecule has 1 unspecified atom stereocenters. The van der Waals surface area contributed by atoms with Gasteiger partial charge in [0.25, 0.3) is 0 Å². The van der Waals surface area contributed by atoms with Crippen LogP contribution in [-0.4, -0.2) is 89.8 Å². The van der Waals surface area contributed by atoms with E-state index < -0.39 is 64.8 Å². The van der Waals surface area contributed by atoms with Crippen LogP contribution in [-0.2, 0) is 24.7 Å². The Morgan fingerprint density at radius 1 is 1.07 bits per heavy atom. The first-order valence-electron chi connectivity index (χ1n) is 16.7. The van der Waals surface area contributed by atoms with E-state index in [0.717, 1.165) is 38.5 Å². The van der Waals surface area contributed by atoms with Crippen LogP contribution >= 0.6 is 0 Å². The largest absolute Gasteiger partial charge is 0.444 e. The summed E-state index contributed by atoms with van der Waals surface area (Å²) in [6.07, 6.45) is 7.78. The SMILES string of the molecule is CC(C)(C)OC(=O)N[C@H](CC1CCCCC1)C(=O)N1C[C@@H](n2nncc2C(C)(C)O)C[C@H]1C(=O)NC1(C(O)C(N)=O)CCCCC1. The summed E-state index contributed by atoms with van der Waals surface area (Å²) in [7, 11) is 0. The highest BCUT2D eigenvalue weighted by atomic mass is 16.6. The molecule has 2 saturated carbocycles. The normalized spacial score (nSPS) is 23.8. The highest BCUT2D eigenvalue weighted by molar-refractivity contribution is 5.93. The molecule has 258 valence electrons. The third-order valence-electron chi connectivity index (χ3n) is 9.61. The minimum absolute atomic E-state index is 0.0614. The third kappa shape index (κ3) is 8.55. The summed E-state index contributed by atoms with van der Waals surface area (Å²) in [6, 6.07) is -2.50. The van der Waals surface area contributed by atoms with E-state index in [1.54, 1.807) is 39.3 Å². The number of hydrogen-bond donors (Lipinski definition) is 5. The van der Waals surface area contributed by atoms with Crippen LogP contribution < -0.4 is 16.4 Å². The molecule has 0 radical (unpaired) electrons. The summed E-state index contributed by atoms with van der Waals surface area (Å²) in [5.74, 6) is -1.67. The molecular weight excluding hydrogens is 594 g/mol. The zero-order valence-electron chi connectivity index (χ0n) is 28.0. The van der Waals surface area contributed by atoms with Crippen LogP contribution in [0, 0.1) is 5.92 Å². The van der Waals surface area contributed by atoms with Crippen LogP contribution in [0.1, 0.15) is 123 Å². The van der Waals surface area contributed by atoms with Crippen molar-refractivity contribution < 1.29 is 34.1 Å². The van der Waals surface area contributed by atoms with Crippen molar-refractivity contribution in [3.05, 3.63) is 11.9 Å². The molecule has 1 saturated heterocycles. The molecule has 4 atom stereocenters. The van der Waals surface area contributed by atoms with Crippen molar-refractivity contribution in [2.24, 2.45) is 11.7 Å². The first kappa shape index (κ1) is 35.6. The predicted octanol–water partition coefficient (Wildman–Crippen LogP) is 2.18. The van der Waals surface area contributed by atoms with Crippen molar-refractivity contribution >= 4 is 23.8 Å². The second-order valence-corrected chi connectivity index (χ2v) is 15.0. The van der Waals surface area contributed by atoms with Crippen molar-refractivity contribution in [1.82, 2.24) is 30.5 Å². The van der Waals surface area contributed by atoms with Crippen LogP contribution in [0.2, 0.25) is 0 Å². The first-order valence-corrected chi connectivity index (χ1v) is 16.7. The van der Waals surface area contributed by atoms with Gasteiger partial charge in [-0.1, -0.05) is 56.6 Å². The third-order valence-corrected chi connectivity index (χ3v) is 9.61. The number of likely N-dealkylation sites (tertiary alicyclic amines) is 1.